The van der Waals surface area contributed by atoms with Gasteiger partial charge < -0.3 is 0 Å². The van der Waals surface area contributed by atoms with Crippen molar-refractivity contribution in [2.24, 2.45) is 0 Å². The van der Waals surface area contributed by atoms with E-state index in [2.05, 4.69) is 165 Å². The van der Waals surface area contributed by atoms with Gasteiger partial charge in [-0.05, 0) is 68.6 Å². The molecule has 0 amide bonds. The quantitative estimate of drug-likeness (QED) is 0.206. The van der Waals surface area contributed by atoms with Gasteiger partial charge in [-0.3, -0.25) is 0 Å². The van der Waals surface area contributed by atoms with Gasteiger partial charge in [0, 0.05) is 0 Å². The summed E-state index contributed by atoms with van der Waals surface area (Å²) >= 11 is 0. The zero-order chi connectivity index (χ0) is 25.7. The largest absolute Gasteiger partial charge is 0.0629 e. The second kappa shape index (κ2) is 10.7. The summed E-state index contributed by atoms with van der Waals surface area (Å²) in [5, 5.41) is 0. The smallest absolute Gasteiger partial charge is 0.0622 e. The van der Waals surface area contributed by atoms with Gasteiger partial charge in [0.15, 0.2) is 0 Å². The Hall–Kier alpha value is -4.68. The van der Waals surface area contributed by atoms with Crippen molar-refractivity contribution in [3.63, 3.8) is 0 Å². The second-order valence-electron chi connectivity index (χ2n) is 9.66. The van der Waals surface area contributed by atoms with Gasteiger partial charge in [0.1, 0.15) is 0 Å². The number of hydrogen-bond donors (Lipinski definition) is 0. The maximum atomic E-state index is 2.34. The van der Waals surface area contributed by atoms with Crippen LogP contribution in [-0.4, -0.2) is 0 Å². The molecule has 0 aliphatic rings. The third-order valence-corrected chi connectivity index (χ3v) is 7.17. The first-order valence-corrected chi connectivity index (χ1v) is 13.1. The van der Waals surface area contributed by atoms with Crippen molar-refractivity contribution >= 4 is 0 Å². The van der Waals surface area contributed by atoms with Gasteiger partial charge in [0.25, 0.3) is 0 Å². The molecule has 0 saturated heterocycles. The maximum absolute atomic E-state index is 2.34. The molecule has 6 aromatic carbocycles. The average molecular weight is 486 g/mol. The number of hydrogen-bond acceptors (Lipinski definition) is 0. The fraction of sp³-hybridized carbons (Fsp3) is 0.0263. The van der Waals surface area contributed by atoms with Crippen LogP contribution < -0.4 is 0 Å². The lowest BCUT2D eigenvalue weighted by Crippen LogP contribution is -2.05. The normalized spacial score (nSPS) is 11.0. The molecule has 0 heterocycles. The Kier molecular flexibility index (Phi) is 6.70. The highest BCUT2D eigenvalue weighted by molar-refractivity contribution is 5.73. The van der Waals surface area contributed by atoms with E-state index >= 15 is 0 Å². The predicted octanol–water partition coefficient (Wildman–Crippen LogP) is 10.0. The second-order valence-corrected chi connectivity index (χ2v) is 9.66. The molecule has 6 aromatic rings. The Morgan fingerprint density at radius 3 is 1.16 bits per heavy atom. The van der Waals surface area contributed by atoms with Crippen molar-refractivity contribution in [1.29, 1.82) is 0 Å². The highest BCUT2D eigenvalue weighted by Crippen LogP contribution is 2.36. The van der Waals surface area contributed by atoms with Crippen LogP contribution in [0.4, 0.5) is 0 Å². The Balaban J connectivity index is 1.44. The number of benzene rings is 6. The third-order valence-electron chi connectivity index (χ3n) is 7.17. The summed E-state index contributed by atoms with van der Waals surface area (Å²) in [6, 6.07) is 56.6. The molecule has 0 bridgehead atoms. The minimum absolute atomic E-state index is 1.21. The van der Waals surface area contributed by atoms with Crippen LogP contribution in [0.25, 0.3) is 33.4 Å². The molecule has 38 heavy (non-hydrogen) atoms. The lowest BCUT2D eigenvalue weighted by Gasteiger charge is -2.21. The summed E-state index contributed by atoms with van der Waals surface area (Å²) in [6.45, 7) is 2.19. The van der Waals surface area contributed by atoms with E-state index in [4.69, 9.17) is 0 Å². The van der Waals surface area contributed by atoms with E-state index in [0.29, 0.717) is 0 Å². The van der Waals surface area contributed by atoms with Crippen molar-refractivity contribution in [2.75, 3.05) is 0 Å². The van der Waals surface area contributed by atoms with Gasteiger partial charge in [-0.2, -0.15) is 0 Å². The molecule has 0 aliphatic carbocycles. The lowest BCUT2D eigenvalue weighted by atomic mass is 9.82. The molecular formula is C38H29. The van der Waals surface area contributed by atoms with Crippen molar-refractivity contribution in [2.45, 2.75) is 6.92 Å². The molecule has 6 rings (SSSR count). The molecule has 0 heteroatoms. The zero-order valence-corrected chi connectivity index (χ0v) is 21.5. The molecule has 0 unspecified atom stereocenters. The first-order chi connectivity index (χ1) is 18.8. The minimum Gasteiger partial charge on any atom is -0.0622 e. The maximum Gasteiger partial charge on any atom is 0.0629 e. The van der Waals surface area contributed by atoms with Gasteiger partial charge in [-0.25, -0.2) is 0 Å². The van der Waals surface area contributed by atoms with Crippen LogP contribution in [0.1, 0.15) is 22.3 Å². The fourth-order valence-electron chi connectivity index (χ4n) is 5.13. The monoisotopic (exact) mass is 485 g/mol. The van der Waals surface area contributed by atoms with Crippen molar-refractivity contribution in [3.05, 3.63) is 186 Å². The fourth-order valence-corrected chi connectivity index (χ4v) is 5.13. The van der Waals surface area contributed by atoms with Crippen LogP contribution in [0.3, 0.4) is 0 Å². The number of aryl methyl sites for hydroxylation is 1. The van der Waals surface area contributed by atoms with Gasteiger partial charge in [0.05, 0.1) is 5.92 Å². The molecule has 0 saturated carbocycles. The topological polar surface area (TPSA) is 0 Å². The Bertz CT molecular complexity index is 1530. The van der Waals surface area contributed by atoms with E-state index in [1.54, 1.807) is 0 Å². The molecule has 181 valence electrons. The lowest BCUT2D eigenvalue weighted by molar-refractivity contribution is 1.22. The van der Waals surface area contributed by atoms with E-state index in [1.165, 1.54) is 61.6 Å². The summed E-state index contributed by atoms with van der Waals surface area (Å²) in [7, 11) is 0. The Morgan fingerprint density at radius 2 is 0.711 bits per heavy atom. The predicted molar refractivity (Wildman–Crippen MR) is 161 cm³/mol. The van der Waals surface area contributed by atoms with E-state index in [0.717, 1.165) is 0 Å². The molecular weight excluding hydrogens is 456 g/mol. The van der Waals surface area contributed by atoms with Gasteiger partial charge >= 0.3 is 0 Å². The Morgan fingerprint density at radius 1 is 0.342 bits per heavy atom. The van der Waals surface area contributed by atoms with Crippen molar-refractivity contribution < 1.29 is 0 Å². The highest BCUT2D eigenvalue weighted by atomic mass is 14.2. The van der Waals surface area contributed by atoms with Crippen molar-refractivity contribution in [3.8, 4) is 33.4 Å². The van der Waals surface area contributed by atoms with E-state index < -0.39 is 0 Å². The van der Waals surface area contributed by atoms with Crippen molar-refractivity contribution in [1.82, 2.24) is 0 Å². The summed E-state index contributed by atoms with van der Waals surface area (Å²) in [4.78, 5) is 0. The molecule has 0 nitrogen and oxygen atoms in total. The van der Waals surface area contributed by atoms with Gasteiger partial charge in [0.2, 0.25) is 0 Å². The minimum atomic E-state index is 1.21. The van der Waals surface area contributed by atoms with Crippen LogP contribution in [-0.2, 0) is 0 Å². The standard InChI is InChI=1S/C38H29/c1-28-17-18-36(27-37(28)33-15-9-4-10-16-33)38(34-23-19-31(20-24-34)29-11-5-2-6-12-29)35-25-21-32(22-26-35)30-13-7-3-8-14-30/h2-27H,1H3. The van der Waals surface area contributed by atoms with E-state index in [9.17, 15) is 0 Å². The molecule has 0 fully saturated rings. The zero-order valence-electron chi connectivity index (χ0n) is 21.5. The molecule has 0 aromatic heterocycles. The SMILES string of the molecule is Cc1ccc([C](c2ccc(-c3ccccc3)cc2)c2ccc(-c3ccccc3)cc2)cc1-c1ccccc1. The van der Waals surface area contributed by atoms with Gasteiger partial charge in [-0.15, -0.1) is 0 Å². The average Bonchev–Trinajstić information content (AvgIpc) is 3.00. The summed E-state index contributed by atoms with van der Waals surface area (Å²) < 4.78 is 0. The molecule has 0 N–H and O–H groups in total. The Labute approximate surface area is 225 Å². The van der Waals surface area contributed by atoms with Crippen LogP contribution in [0, 0.1) is 12.8 Å². The van der Waals surface area contributed by atoms with Crippen LogP contribution in [0.15, 0.2) is 158 Å². The summed E-state index contributed by atoms with van der Waals surface area (Å²) in [6.07, 6.45) is 0. The third kappa shape index (κ3) is 4.94. The van der Waals surface area contributed by atoms with E-state index in [1.807, 2.05) is 0 Å². The molecule has 0 spiro atoms. The van der Waals surface area contributed by atoms with Gasteiger partial charge in [-0.1, -0.05) is 152 Å². The van der Waals surface area contributed by atoms with E-state index in [-0.39, 0.29) is 0 Å². The first kappa shape index (κ1) is 23.7. The van der Waals surface area contributed by atoms with Crippen LogP contribution >= 0.6 is 0 Å². The van der Waals surface area contributed by atoms with Crippen LogP contribution in [0.5, 0.6) is 0 Å². The molecule has 0 atom stereocenters. The number of rotatable bonds is 6. The summed E-state index contributed by atoms with van der Waals surface area (Å²) in [5.74, 6) is 1.24. The first-order valence-electron chi connectivity index (χ1n) is 13.1. The highest BCUT2D eigenvalue weighted by Gasteiger charge is 2.20. The summed E-state index contributed by atoms with van der Waals surface area (Å²) in [5.41, 5.74) is 12.3. The molecule has 0 aliphatic heterocycles. The van der Waals surface area contributed by atoms with Crippen LogP contribution in [0.2, 0.25) is 0 Å². The molecule has 1 radical (unpaired) electrons.